The molecule has 2 unspecified atom stereocenters. The molecule has 0 spiro atoms. The van der Waals surface area contributed by atoms with Gasteiger partial charge in [-0.2, -0.15) is 26.3 Å². The summed E-state index contributed by atoms with van der Waals surface area (Å²) in [7, 11) is -4.64. The van der Waals surface area contributed by atoms with Crippen molar-refractivity contribution in [3.63, 3.8) is 0 Å². The minimum absolute atomic E-state index is 0.0657. The van der Waals surface area contributed by atoms with E-state index in [1.807, 2.05) is 0 Å². The summed E-state index contributed by atoms with van der Waals surface area (Å²) in [5, 5.41) is 12.2. The number of hydrogen-bond donors (Lipinski definition) is 2. The molecule has 40 heavy (non-hydrogen) atoms. The standard InChI is InChI=1S/C24H21F7N2O6S/c25-15-3-6-17(7-4-15)40(37,38)33-16(12-20(34)32-18-9-10-39-21(18)35)5-1-13-11-14(2-8-19(13)33)22(36,23(26,27)28)24(29,30)31/h2-4,6-8,11,16,18,36H,1,5,9-10,12H2,(H,32,34). The fraction of sp³-hybridized carbons (Fsp3) is 0.417. The fourth-order valence-corrected chi connectivity index (χ4v) is 6.39. The molecule has 0 aromatic heterocycles. The van der Waals surface area contributed by atoms with Gasteiger partial charge < -0.3 is 15.2 Å². The summed E-state index contributed by atoms with van der Waals surface area (Å²) in [5.41, 5.74) is -7.40. The summed E-state index contributed by atoms with van der Waals surface area (Å²) < 4.78 is 127. The zero-order valence-electron chi connectivity index (χ0n) is 20.2. The number of carbonyl (C=O) groups excluding carboxylic acids is 2. The number of carbonyl (C=O) groups is 2. The SMILES string of the molecule is O=C(CC1CCc2cc(C(O)(C(F)(F)F)C(F)(F)F)ccc2N1S(=O)(=O)c1ccc(F)cc1)NC1CCOC1=O. The number of rotatable bonds is 6. The molecule has 2 aliphatic rings. The largest absolute Gasteiger partial charge is 0.464 e. The van der Waals surface area contributed by atoms with Crippen molar-refractivity contribution in [2.75, 3.05) is 10.9 Å². The molecular weight excluding hydrogens is 577 g/mol. The molecule has 0 radical (unpaired) electrons. The molecule has 16 heteroatoms. The Morgan fingerprint density at radius 3 is 2.20 bits per heavy atom. The van der Waals surface area contributed by atoms with Crippen molar-refractivity contribution in [2.45, 2.75) is 60.6 Å². The first-order valence-electron chi connectivity index (χ1n) is 11.7. The van der Waals surface area contributed by atoms with Gasteiger partial charge in [-0.25, -0.2) is 17.6 Å². The van der Waals surface area contributed by atoms with E-state index in [0.29, 0.717) is 22.5 Å². The zero-order chi connectivity index (χ0) is 29.7. The normalized spacial score (nSPS) is 20.2. The van der Waals surface area contributed by atoms with Crippen molar-refractivity contribution >= 4 is 27.6 Å². The smallest absolute Gasteiger partial charge is 0.430 e. The van der Waals surface area contributed by atoms with Crippen LogP contribution in [0.3, 0.4) is 0 Å². The lowest BCUT2D eigenvalue weighted by Crippen LogP contribution is -2.54. The number of esters is 1. The van der Waals surface area contributed by atoms with Crippen LogP contribution in [0.4, 0.5) is 36.4 Å². The number of hydrogen-bond acceptors (Lipinski definition) is 6. The third kappa shape index (κ3) is 5.21. The molecule has 1 fully saturated rings. The lowest BCUT2D eigenvalue weighted by molar-refractivity contribution is -0.376. The molecule has 2 N–H and O–H groups in total. The monoisotopic (exact) mass is 598 g/mol. The molecule has 2 aromatic carbocycles. The van der Waals surface area contributed by atoms with Gasteiger partial charge in [-0.05, 0) is 48.7 Å². The first kappa shape index (κ1) is 29.6. The predicted octanol–water partition coefficient (Wildman–Crippen LogP) is 3.47. The zero-order valence-corrected chi connectivity index (χ0v) is 21.0. The van der Waals surface area contributed by atoms with Gasteiger partial charge in [-0.1, -0.05) is 12.1 Å². The van der Waals surface area contributed by atoms with Gasteiger partial charge in [0.1, 0.15) is 11.9 Å². The Morgan fingerprint density at radius 2 is 1.65 bits per heavy atom. The number of alkyl halides is 6. The van der Waals surface area contributed by atoms with Crippen molar-refractivity contribution in [3.8, 4) is 0 Å². The van der Waals surface area contributed by atoms with Gasteiger partial charge in [0, 0.05) is 18.4 Å². The molecule has 2 aliphatic heterocycles. The molecule has 1 saturated heterocycles. The van der Waals surface area contributed by atoms with Crippen LogP contribution < -0.4 is 9.62 Å². The lowest BCUT2D eigenvalue weighted by atomic mass is 9.87. The molecule has 0 aliphatic carbocycles. The van der Waals surface area contributed by atoms with E-state index in [-0.39, 0.29) is 37.1 Å². The first-order valence-corrected chi connectivity index (χ1v) is 13.2. The summed E-state index contributed by atoms with van der Waals surface area (Å²) in [5.74, 6) is -2.22. The number of aliphatic hydroxyl groups is 1. The van der Waals surface area contributed by atoms with Gasteiger partial charge in [0.05, 0.1) is 23.2 Å². The fourth-order valence-electron chi connectivity index (χ4n) is 4.67. The highest BCUT2D eigenvalue weighted by molar-refractivity contribution is 7.92. The number of amides is 1. The highest BCUT2D eigenvalue weighted by atomic mass is 32.2. The molecule has 8 nitrogen and oxygen atoms in total. The van der Waals surface area contributed by atoms with E-state index in [2.05, 4.69) is 5.32 Å². The molecule has 4 rings (SSSR count). The van der Waals surface area contributed by atoms with Crippen molar-refractivity contribution in [3.05, 3.63) is 59.4 Å². The van der Waals surface area contributed by atoms with E-state index >= 15 is 0 Å². The second kappa shape index (κ2) is 10.2. The molecule has 2 heterocycles. The Morgan fingerprint density at radius 1 is 1.02 bits per heavy atom. The third-order valence-electron chi connectivity index (χ3n) is 6.70. The van der Waals surface area contributed by atoms with E-state index < -0.39 is 74.6 Å². The number of ether oxygens (including phenoxy) is 1. The summed E-state index contributed by atoms with van der Waals surface area (Å²) >= 11 is 0. The average Bonchev–Trinajstić information content (AvgIpc) is 3.25. The number of nitrogens with zero attached hydrogens (tertiary/aromatic N) is 1. The van der Waals surface area contributed by atoms with Crippen LogP contribution in [-0.4, -0.2) is 56.4 Å². The third-order valence-corrected chi connectivity index (χ3v) is 8.58. The van der Waals surface area contributed by atoms with Gasteiger partial charge >= 0.3 is 18.3 Å². The Kier molecular flexibility index (Phi) is 7.55. The van der Waals surface area contributed by atoms with Gasteiger partial charge in [0.25, 0.3) is 15.6 Å². The Bertz CT molecular complexity index is 1400. The highest BCUT2D eigenvalue weighted by Crippen LogP contribution is 2.51. The van der Waals surface area contributed by atoms with E-state index in [4.69, 9.17) is 4.74 Å². The summed E-state index contributed by atoms with van der Waals surface area (Å²) in [6.07, 6.45) is -13.1. The number of aryl methyl sites for hydroxylation is 1. The minimum Gasteiger partial charge on any atom is -0.464 e. The minimum atomic E-state index is -6.16. The summed E-state index contributed by atoms with van der Waals surface area (Å²) in [6.45, 7) is 0.0657. The number of nitrogens with one attached hydrogen (secondary N) is 1. The average molecular weight is 598 g/mol. The number of fused-ring (bicyclic) bond motifs is 1. The molecule has 218 valence electrons. The van der Waals surface area contributed by atoms with Gasteiger partial charge in [0.2, 0.25) is 5.91 Å². The van der Waals surface area contributed by atoms with Crippen molar-refractivity contribution in [1.29, 1.82) is 0 Å². The maximum Gasteiger partial charge on any atom is 0.430 e. The second-order valence-electron chi connectivity index (χ2n) is 9.28. The van der Waals surface area contributed by atoms with E-state index in [0.717, 1.165) is 24.3 Å². The number of cyclic esters (lactones) is 1. The quantitative estimate of drug-likeness (QED) is 0.389. The number of halogens is 7. The number of benzene rings is 2. The van der Waals surface area contributed by atoms with Crippen molar-refractivity contribution in [1.82, 2.24) is 5.32 Å². The molecular formula is C24H21F7N2O6S. The highest BCUT2D eigenvalue weighted by Gasteiger charge is 2.71. The van der Waals surface area contributed by atoms with Crippen LogP contribution in [0, 0.1) is 5.82 Å². The molecule has 1 amide bonds. The second-order valence-corrected chi connectivity index (χ2v) is 11.1. The molecule has 0 saturated carbocycles. The van der Waals surface area contributed by atoms with Crippen molar-refractivity contribution in [2.24, 2.45) is 0 Å². The molecule has 2 aromatic rings. The van der Waals surface area contributed by atoms with Gasteiger partial charge in [-0.3, -0.25) is 9.10 Å². The Hall–Kier alpha value is -3.40. The summed E-state index contributed by atoms with van der Waals surface area (Å²) in [4.78, 5) is 24.0. The van der Waals surface area contributed by atoms with Crippen molar-refractivity contribution < 1.29 is 58.6 Å². The first-order chi connectivity index (χ1) is 18.5. The molecule has 2 atom stereocenters. The van der Waals surface area contributed by atoms with E-state index in [9.17, 15) is 53.8 Å². The van der Waals surface area contributed by atoms with E-state index in [1.54, 1.807) is 0 Å². The van der Waals surface area contributed by atoms with Crippen LogP contribution in [-0.2, 0) is 36.4 Å². The van der Waals surface area contributed by atoms with Crippen LogP contribution in [0.2, 0.25) is 0 Å². The predicted molar refractivity (Wildman–Crippen MR) is 123 cm³/mol. The Labute approximate surface area is 222 Å². The topological polar surface area (TPSA) is 113 Å². The molecule has 0 bridgehead atoms. The van der Waals surface area contributed by atoms with Gasteiger partial charge in [-0.15, -0.1) is 0 Å². The number of sulfonamides is 1. The van der Waals surface area contributed by atoms with Crippen LogP contribution in [0.25, 0.3) is 0 Å². The maximum atomic E-state index is 13.6. The summed E-state index contributed by atoms with van der Waals surface area (Å²) in [6, 6.07) is 2.76. The number of anilines is 1. The Balaban J connectivity index is 1.77. The van der Waals surface area contributed by atoms with Crippen LogP contribution in [0.15, 0.2) is 47.4 Å². The lowest BCUT2D eigenvalue weighted by Gasteiger charge is -2.39. The van der Waals surface area contributed by atoms with E-state index in [1.165, 1.54) is 0 Å². The maximum absolute atomic E-state index is 13.6. The van der Waals surface area contributed by atoms with Crippen LogP contribution in [0.5, 0.6) is 0 Å². The van der Waals surface area contributed by atoms with Crippen LogP contribution >= 0.6 is 0 Å². The van der Waals surface area contributed by atoms with Crippen LogP contribution in [0.1, 0.15) is 30.4 Å². The van der Waals surface area contributed by atoms with Gasteiger partial charge in [0.15, 0.2) is 0 Å².